The summed E-state index contributed by atoms with van der Waals surface area (Å²) in [4.78, 5) is 3.57. The SMILES string of the molecule is Cn1ccnc1S(=O)[O-]. The molecule has 0 spiro atoms. The molecule has 0 aromatic carbocycles. The maximum atomic E-state index is 10.2. The normalized spacial score (nSPS) is 13.6. The van der Waals surface area contributed by atoms with Gasteiger partial charge in [0.15, 0.2) is 5.16 Å². The quantitative estimate of drug-likeness (QED) is 0.508. The van der Waals surface area contributed by atoms with E-state index in [0.717, 1.165) is 0 Å². The lowest BCUT2D eigenvalue weighted by Crippen LogP contribution is -1.98. The fraction of sp³-hybridized carbons (Fsp3) is 0.250. The minimum absolute atomic E-state index is 0.0648. The third-order valence-electron chi connectivity index (χ3n) is 0.926. The molecule has 0 bridgehead atoms. The van der Waals surface area contributed by atoms with Gasteiger partial charge in [0.25, 0.3) is 0 Å². The van der Waals surface area contributed by atoms with E-state index in [0.29, 0.717) is 0 Å². The van der Waals surface area contributed by atoms with Crippen LogP contribution in [0.25, 0.3) is 0 Å². The molecule has 0 fully saturated rings. The first-order valence-corrected chi connectivity index (χ1v) is 3.36. The number of imidazole rings is 1. The molecule has 5 heteroatoms. The van der Waals surface area contributed by atoms with E-state index >= 15 is 0 Å². The minimum Gasteiger partial charge on any atom is -0.766 e. The van der Waals surface area contributed by atoms with E-state index in [4.69, 9.17) is 0 Å². The summed E-state index contributed by atoms with van der Waals surface area (Å²) in [5, 5.41) is 0.0648. The van der Waals surface area contributed by atoms with Crippen LogP contribution < -0.4 is 0 Å². The van der Waals surface area contributed by atoms with Gasteiger partial charge in [-0.3, -0.25) is 4.21 Å². The van der Waals surface area contributed by atoms with Gasteiger partial charge in [0.1, 0.15) is 0 Å². The number of hydrogen-bond acceptors (Lipinski definition) is 3. The number of aryl methyl sites for hydroxylation is 1. The summed E-state index contributed by atoms with van der Waals surface area (Å²) in [6, 6.07) is 0. The van der Waals surface area contributed by atoms with Crippen molar-refractivity contribution in [3.8, 4) is 0 Å². The highest BCUT2D eigenvalue weighted by molar-refractivity contribution is 7.79. The number of nitrogens with zero attached hydrogens (tertiary/aromatic N) is 2. The Morgan fingerprint density at radius 3 is 2.78 bits per heavy atom. The van der Waals surface area contributed by atoms with Gasteiger partial charge in [-0.05, 0) is 0 Å². The standard InChI is InChI=1S/C4H6N2O2S/c1-6-3-2-5-4(6)9(7)8/h2-3H,1H3,(H,7,8)/p-1. The minimum atomic E-state index is -2.21. The molecule has 0 aliphatic heterocycles. The first-order valence-electron chi connectivity index (χ1n) is 2.28. The van der Waals surface area contributed by atoms with Gasteiger partial charge in [0.2, 0.25) is 0 Å². The summed E-state index contributed by atoms with van der Waals surface area (Å²) >= 11 is -2.21. The Kier molecular flexibility index (Phi) is 1.63. The van der Waals surface area contributed by atoms with Crippen LogP contribution in [0.4, 0.5) is 0 Å². The highest BCUT2D eigenvalue weighted by atomic mass is 32.2. The monoisotopic (exact) mass is 145 g/mol. The first-order chi connectivity index (χ1) is 4.22. The van der Waals surface area contributed by atoms with Crippen LogP contribution in [0.15, 0.2) is 17.6 Å². The number of hydrogen-bond donors (Lipinski definition) is 0. The summed E-state index contributed by atoms with van der Waals surface area (Å²) in [6.45, 7) is 0. The Morgan fingerprint density at radius 1 is 1.89 bits per heavy atom. The van der Waals surface area contributed by atoms with Crippen molar-refractivity contribution in [3.63, 3.8) is 0 Å². The zero-order valence-electron chi connectivity index (χ0n) is 4.77. The van der Waals surface area contributed by atoms with Crippen LogP contribution in [0.5, 0.6) is 0 Å². The highest BCUT2D eigenvalue weighted by Crippen LogP contribution is 1.96. The van der Waals surface area contributed by atoms with E-state index in [1.807, 2.05) is 0 Å². The molecule has 4 nitrogen and oxygen atoms in total. The molecule has 1 atom stereocenters. The topological polar surface area (TPSA) is 58.0 Å². The van der Waals surface area contributed by atoms with Gasteiger partial charge in [0.05, 0.1) is 0 Å². The molecule has 9 heavy (non-hydrogen) atoms. The van der Waals surface area contributed by atoms with E-state index < -0.39 is 11.1 Å². The molecule has 0 radical (unpaired) electrons. The summed E-state index contributed by atoms with van der Waals surface area (Å²) in [5.41, 5.74) is 0. The predicted octanol–water partition coefficient (Wildman–Crippen LogP) is -0.342. The Morgan fingerprint density at radius 2 is 2.56 bits per heavy atom. The zero-order chi connectivity index (χ0) is 6.85. The number of rotatable bonds is 1. The van der Waals surface area contributed by atoms with Crippen molar-refractivity contribution in [1.29, 1.82) is 0 Å². The molecule has 1 heterocycles. The third kappa shape index (κ3) is 1.17. The van der Waals surface area contributed by atoms with Crippen LogP contribution in [0.1, 0.15) is 0 Å². The van der Waals surface area contributed by atoms with Crippen LogP contribution in [-0.4, -0.2) is 18.3 Å². The smallest absolute Gasteiger partial charge is 0.184 e. The van der Waals surface area contributed by atoms with E-state index in [1.54, 1.807) is 13.2 Å². The van der Waals surface area contributed by atoms with Crippen molar-refractivity contribution < 1.29 is 8.76 Å². The van der Waals surface area contributed by atoms with Crippen molar-refractivity contribution in [2.75, 3.05) is 0 Å². The van der Waals surface area contributed by atoms with Gasteiger partial charge in [0, 0.05) is 30.5 Å². The molecule has 0 amide bonds. The second-order valence-electron chi connectivity index (χ2n) is 1.56. The maximum absolute atomic E-state index is 10.2. The molecular formula is C4H5N2O2S-. The largest absolute Gasteiger partial charge is 0.766 e. The van der Waals surface area contributed by atoms with Crippen molar-refractivity contribution >= 4 is 11.1 Å². The van der Waals surface area contributed by atoms with Crippen molar-refractivity contribution in [2.45, 2.75) is 5.16 Å². The molecule has 0 aliphatic rings. The van der Waals surface area contributed by atoms with Gasteiger partial charge in [-0.25, -0.2) is 4.98 Å². The molecular weight excluding hydrogens is 140 g/mol. The zero-order valence-corrected chi connectivity index (χ0v) is 5.59. The van der Waals surface area contributed by atoms with Crippen molar-refractivity contribution in [2.24, 2.45) is 7.05 Å². The molecule has 0 saturated heterocycles. The van der Waals surface area contributed by atoms with Crippen molar-refractivity contribution in [3.05, 3.63) is 12.4 Å². The van der Waals surface area contributed by atoms with E-state index in [1.165, 1.54) is 10.8 Å². The lowest BCUT2D eigenvalue weighted by molar-refractivity contribution is 0.522. The van der Waals surface area contributed by atoms with Gasteiger partial charge in [-0.2, -0.15) is 0 Å². The van der Waals surface area contributed by atoms with E-state index in [9.17, 15) is 8.76 Å². The summed E-state index contributed by atoms with van der Waals surface area (Å²) in [5.74, 6) is 0. The van der Waals surface area contributed by atoms with Gasteiger partial charge < -0.3 is 9.12 Å². The van der Waals surface area contributed by atoms with E-state index in [-0.39, 0.29) is 5.16 Å². The van der Waals surface area contributed by atoms with Gasteiger partial charge in [-0.1, -0.05) is 0 Å². The molecule has 1 aromatic rings. The highest BCUT2D eigenvalue weighted by Gasteiger charge is 1.95. The average molecular weight is 145 g/mol. The Bertz CT molecular complexity index is 232. The average Bonchev–Trinajstić information content (AvgIpc) is 2.13. The molecule has 1 aromatic heterocycles. The lowest BCUT2D eigenvalue weighted by atomic mass is 10.9. The second kappa shape index (κ2) is 2.28. The predicted molar refractivity (Wildman–Crippen MR) is 30.4 cm³/mol. The molecule has 50 valence electrons. The van der Waals surface area contributed by atoms with Crippen LogP contribution in [0.2, 0.25) is 0 Å². The van der Waals surface area contributed by atoms with Gasteiger partial charge in [-0.15, -0.1) is 0 Å². The summed E-state index contributed by atoms with van der Waals surface area (Å²) < 4.78 is 21.8. The van der Waals surface area contributed by atoms with Crippen LogP contribution in [0, 0.1) is 0 Å². The maximum Gasteiger partial charge on any atom is 0.184 e. The molecule has 1 unspecified atom stereocenters. The van der Waals surface area contributed by atoms with E-state index in [2.05, 4.69) is 4.98 Å². The number of aromatic nitrogens is 2. The molecule has 0 N–H and O–H groups in total. The molecule has 0 aliphatic carbocycles. The Hall–Kier alpha value is -0.680. The first kappa shape index (κ1) is 6.44. The third-order valence-corrected chi connectivity index (χ3v) is 1.62. The van der Waals surface area contributed by atoms with Crippen molar-refractivity contribution in [1.82, 2.24) is 9.55 Å². The fourth-order valence-corrected chi connectivity index (χ4v) is 0.955. The molecule has 1 rings (SSSR count). The fourth-order valence-electron chi connectivity index (χ4n) is 0.513. The Balaban J connectivity index is 3.08. The summed E-state index contributed by atoms with van der Waals surface area (Å²) in [7, 11) is 1.62. The lowest BCUT2D eigenvalue weighted by Gasteiger charge is -2.02. The van der Waals surface area contributed by atoms with Crippen LogP contribution in [-0.2, 0) is 18.1 Å². The van der Waals surface area contributed by atoms with Crippen LogP contribution in [0.3, 0.4) is 0 Å². The second-order valence-corrected chi connectivity index (χ2v) is 2.39. The van der Waals surface area contributed by atoms with Gasteiger partial charge >= 0.3 is 0 Å². The summed E-state index contributed by atoms with van der Waals surface area (Å²) in [6.07, 6.45) is 3.01. The Labute approximate surface area is 54.8 Å². The molecule has 0 saturated carbocycles. The van der Waals surface area contributed by atoms with Crippen LogP contribution >= 0.6 is 0 Å².